The summed E-state index contributed by atoms with van der Waals surface area (Å²) in [4.78, 5) is 37.9. The average molecular weight is 548 g/mol. The van der Waals surface area contributed by atoms with E-state index in [0.29, 0.717) is 48.8 Å². The van der Waals surface area contributed by atoms with Crippen LogP contribution >= 0.6 is 0 Å². The number of nitrogens with zero attached hydrogens (tertiary/aromatic N) is 5. The summed E-state index contributed by atoms with van der Waals surface area (Å²) < 4.78 is 34.2. The first kappa shape index (κ1) is 25.6. The summed E-state index contributed by atoms with van der Waals surface area (Å²) in [6.07, 6.45) is 8.20. The van der Waals surface area contributed by atoms with E-state index in [-0.39, 0.29) is 28.3 Å². The summed E-state index contributed by atoms with van der Waals surface area (Å²) >= 11 is 0. The van der Waals surface area contributed by atoms with E-state index in [2.05, 4.69) is 15.0 Å². The molecule has 4 aromatic heterocycles. The molecule has 5 aromatic rings. The van der Waals surface area contributed by atoms with Gasteiger partial charge < -0.3 is 18.8 Å². The molecule has 0 saturated carbocycles. The van der Waals surface area contributed by atoms with Gasteiger partial charge in [-0.3, -0.25) is 9.29 Å². The van der Waals surface area contributed by atoms with E-state index in [1.54, 1.807) is 52.9 Å². The minimum atomic E-state index is -0.631. The zero-order valence-corrected chi connectivity index (χ0v) is 21.7. The van der Waals surface area contributed by atoms with Crippen molar-refractivity contribution < 1.29 is 32.9 Å². The Balaban J connectivity index is 1.42. The Morgan fingerprint density at radius 2 is 2.00 bits per heavy atom. The quantitative estimate of drug-likeness (QED) is 0.145. The maximum atomic E-state index is 16.3. The fourth-order valence-corrected chi connectivity index (χ4v) is 4.73. The van der Waals surface area contributed by atoms with Gasteiger partial charge in [0, 0.05) is 37.8 Å². The second-order valence-corrected chi connectivity index (χ2v) is 9.22. The standard InChI is InChI=1S/C28H26FN5O6/c1-36-12-13-37-18-8-11-34-20(15-31-23(34)14-18)27-25(29)24(22-16-30-17-38-22)19-6-5-7-21(26(19)32-27)39-40-28(35)33-9-3-2-4-10-33/h5-8,11,14-17H,2-4,9-10,12-13H2,1H3. The highest BCUT2D eigenvalue weighted by atomic mass is 19.1. The number of methoxy groups -OCH3 is 1. The van der Waals surface area contributed by atoms with Crippen LogP contribution in [0.15, 0.2) is 59.7 Å². The molecule has 0 spiro atoms. The van der Waals surface area contributed by atoms with Crippen LogP contribution in [0.2, 0.25) is 0 Å². The van der Waals surface area contributed by atoms with E-state index in [1.165, 1.54) is 18.8 Å². The van der Waals surface area contributed by atoms with Crippen molar-refractivity contribution in [2.75, 3.05) is 33.4 Å². The molecule has 6 rings (SSSR count). The number of rotatable bonds is 8. The van der Waals surface area contributed by atoms with Crippen molar-refractivity contribution in [2.45, 2.75) is 19.3 Å². The van der Waals surface area contributed by atoms with Gasteiger partial charge in [-0.05, 0) is 31.4 Å². The number of aromatic nitrogens is 4. The number of oxazole rings is 1. The van der Waals surface area contributed by atoms with Crippen molar-refractivity contribution in [1.29, 1.82) is 0 Å². The van der Waals surface area contributed by atoms with Crippen LogP contribution in [0, 0.1) is 5.82 Å². The molecule has 1 amide bonds. The Morgan fingerprint density at radius 1 is 1.12 bits per heavy atom. The van der Waals surface area contributed by atoms with Gasteiger partial charge in [-0.2, -0.15) is 0 Å². The van der Waals surface area contributed by atoms with Crippen molar-refractivity contribution >= 4 is 22.6 Å². The van der Waals surface area contributed by atoms with E-state index in [4.69, 9.17) is 23.7 Å². The summed E-state index contributed by atoms with van der Waals surface area (Å²) in [5, 5.41) is 0.396. The molecule has 206 valence electrons. The van der Waals surface area contributed by atoms with Gasteiger partial charge in [-0.1, -0.05) is 12.1 Å². The lowest BCUT2D eigenvalue weighted by Gasteiger charge is -2.24. The number of para-hydroxylation sites is 1. The van der Waals surface area contributed by atoms with E-state index < -0.39 is 11.9 Å². The third-order valence-corrected chi connectivity index (χ3v) is 6.70. The number of amides is 1. The van der Waals surface area contributed by atoms with Gasteiger partial charge in [0.2, 0.25) is 5.75 Å². The summed E-state index contributed by atoms with van der Waals surface area (Å²) in [5.41, 5.74) is 1.33. The Morgan fingerprint density at radius 3 is 2.80 bits per heavy atom. The SMILES string of the molecule is COCCOc1ccn2c(-c3nc4c(OOC(=O)N5CCCCC5)cccc4c(-c4cnco4)c3F)cnc2c1. The van der Waals surface area contributed by atoms with E-state index >= 15 is 4.39 Å². The molecule has 11 nitrogen and oxygen atoms in total. The van der Waals surface area contributed by atoms with E-state index in [0.717, 1.165) is 19.3 Å². The summed E-state index contributed by atoms with van der Waals surface area (Å²) in [7, 11) is 1.60. The largest absolute Gasteiger partial charge is 0.491 e. The molecular formula is C28H26FN5O6. The summed E-state index contributed by atoms with van der Waals surface area (Å²) in [6, 6.07) is 8.43. The molecule has 1 saturated heterocycles. The predicted molar refractivity (Wildman–Crippen MR) is 141 cm³/mol. The molecule has 1 aliphatic rings. The smallest absolute Gasteiger partial charge is 0.452 e. The molecule has 0 radical (unpaired) electrons. The summed E-state index contributed by atoms with van der Waals surface area (Å²) in [5.74, 6) is 0.319. The van der Waals surface area contributed by atoms with Crippen LogP contribution < -0.4 is 9.62 Å². The predicted octanol–water partition coefficient (Wildman–Crippen LogP) is 5.29. The van der Waals surface area contributed by atoms with Crippen LogP contribution in [0.1, 0.15) is 19.3 Å². The van der Waals surface area contributed by atoms with E-state index in [9.17, 15) is 4.79 Å². The molecule has 0 unspecified atom stereocenters. The number of ether oxygens (including phenoxy) is 2. The first-order valence-corrected chi connectivity index (χ1v) is 12.9. The lowest BCUT2D eigenvalue weighted by atomic mass is 10.0. The first-order valence-electron chi connectivity index (χ1n) is 12.9. The van der Waals surface area contributed by atoms with Crippen molar-refractivity contribution in [1.82, 2.24) is 24.3 Å². The van der Waals surface area contributed by atoms with Crippen molar-refractivity contribution in [3.05, 3.63) is 61.1 Å². The lowest BCUT2D eigenvalue weighted by molar-refractivity contribution is -0.153. The zero-order valence-electron chi connectivity index (χ0n) is 21.7. The molecule has 0 bridgehead atoms. The number of fused-ring (bicyclic) bond motifs is 2. The molecular weight excluding hydrogens is 521 g/mol. The normalized spacial score (nSPS) is 13.6. The highest BCUT2D eigenvalue weighted by molar-refractivity contribution is 5.98. The molecule has 1 aromatic carbocycles. The monoisotopic (exact) mass is 547 g/mol. The molecule has 12 heteroatoms. The van der Waals surface area contributed by atoms with Gasteiger partial charge in [0.05, 0.1) is 30.3 Å². The third kappa shape index (κ3) is 4.89. The van der Waals surface area contributed by atoms with Crippen molar-refractivity contribution in [3.63, 3.8) is 0 Å². The minimum Gasteiger partial charge on any atom is -0.491 e. The number of hydrogen-bond donors (Lipinski definition) is 0. The third-order valence-electron chi connectivity index (χ3n) is 6.70. The maximum Gasteiger partial charge on any atom is 0.452 e. The number of carbonyl (C=O) groups excluding carboxylic acids is 1. The molecule has 40 heavy (non-hydrogen) atoms. The molecule has 5 heterocycles. The van der Waals surface area contributed by atoms with Crippen LogP contribution in [-0.2, 0) is 9.62 Å². The number of benzene rings is 1. The van der Waals surface area contributed by atoms with Gasteiger partial charge in [0.25, 0.3) is 0 Å². The molecule has 0 aliphatic carbocycles. The second-order valence-electron chi connectivity index (χ2n) is 9.22. The van der Waals surface area contributed by atoms with Crippen molar-refractivity contribution in [3.8, 4) is 34.2 Å². The molecule has 1 aliphatic heterocycles. The highest BCUT2D eigenvalue weighted by Gasteiger charge is 2.25. The highest BCUT2D eigenvalue weighted by Crippen LogP contribution is 2.39. The lowest BCUT2D eigenvalue weighted by Crippen LogP contribution is -2.36. The second kappa shape index (κ2) is 11.2. The van der Waals surface area contributed by atoms with E-state index in [1.807, 2.05) is 0 Å². The Labute approximate surface area is 228 Å². The van der Waals surface area contributed by atoms with Crippen LogP contribution in [0.3, 0.4) is 0 Å². The number of likely N-dealkylation sites (tertiary alicyclic amines) is 1. The molecule has 1 fully saturated rings. The van der Waals surface area contributed by atoms with Crippen LogP contribution in [0.4, 0.5) is 9.18 Å². The van der Waals surface area contributed by atoms with Crippen LogP contribution in [0.5, 0.6) is 11.5 Å². The Bertz CT molecular complexity index is 1650. The van der Waals surface area contributed by atoms with Gasteiger partial charge in [0.15, 0.2) is 18.0 Å². The fourth-order valence-electron chi connectivity index (χ4n) is 4.73. The Hall–Kier alpha value is -4.71. The number of piperidine rings is 1. The number of pyridine rings is 2. The first-order chi connectivity index (χ1) is 19.6. The van der Waals surface area contributed by atoms with Gasteiger partial charge in [-0.15, -0.1) is 0 Å². The molecule has 0 atom stereocenters. The number of carbonyl (C=O) groups is 1. The molecule has 0 N–H and O–H groups in total. The van der Waals surface area contributed by atoms with Crippen LogP contribution in [0.25, 0.3) is 39.3 Å². The number of hydrogen-bond acceptors (Lipinski definition) is 9. The van der Waals surface area contributed by atoms with Gasteiger partial charge >= 0.3 is 6.09 Å². The maximum absolute atomic E-state index is 16.3. The number of halogens is 1. The fraction of sp³-hybridized carbons (Fsp3) is 0.286. The Kier molecular flexibility index (Phi) is 7.15. The summed E-state index contributed by atoms with van der Waals surface area (Å²) in [6.45, 7) is 2.04. The number of imidazole rings is 1. The van der Waals surface area contributed by atoms with Gasteiger partial charge in [-0.25, -0.2) is 29.0 Å². The van der Waals surface area contributed by atoms with Crippen molar-refractivity contribution in [2.24, 2.45) is 0 Å². The minimum absolute atomic E-state index is 0.00198. The topological polar surface area (TPSA) is 113 Å². The zero-order chi connectivity index (χ0) is 27.5. The van der Waals surface area contributed by atoms with Crippen LogP contribution in [-0.4, -0.2) is 63.8 Å². The average Bonchev–Trinajstić information content (AvgIpc) is 3.66. The van der Waals surface area contributed by atoms with Gasteiger partial charge in [0.1, 0.15) is 29.2 Å².